The molecule has 0 amide bonds. The smallest absolute Gasteiger partial charge is 0.196 e. The summed E-state index contributed by atoms with van der Waals surface area (Å²) in [6.07, 6.45) is 0.950. The van der Waals surface area contributed by atoms with Crippen molar-refractivity contribution in [3.05, 3.63) is 106 Å². The predicted molar refractivity (Wildman–Crippen MR) is 126 cm³/mol. The minimum atomic E-state index is -1.75. The predicted octanol–water partition coefficient (Wildman–Crippen LogP) is 4.62. The Hall–Kier alpha value is -3.22. The minimum Gasteiger partial charge on any atom is -0.297 e. The highest BCUT2D eigenvalue weighted by molar-refractivity contribution is 6.32. The highest BCUT2D eigenvalue weighted by Crippen LogP contribution is 2.43. The Morgan fingerprint density at radius 1 is 0.765 bits per heavy atom. The maximum absolute atomic E-state index is 14.3. The van der Waals surface area contributed by atoms with Crippen LogP contribution in [0.4, 0.5) is 8.78 Å². The van der Waals surface area contributed by atoms with Crippen LogP contribution in [-0.2, 0) is 18.5 Å². The third kappa shape index (κ3) is 3.58. The number of halogens is 2. The number of hydrogen-bond acceptors (Lipinski definition) is 4. The molecule has 0 unspecified atom stereocenters. The lowest BCUT2D eigenvalue weighted by Crippen LogP contribution is -2.60. The number of aryl methyl sites for hydroxylation is 1. The summed E-state index contributed by atoms with van der Waals surface area (Å²) in [6.45, 7) is 5.04. The first-order chi connectivity index (χ1) is 16.4. The Morgan fingerprint density at radius 2 is 1.29 bits per heavy atom. The lowest BCUT2D eigenvalue weighted by atomic mass is 9.82. The van der Waals surface area contributed by atoms with Crippen molar-refractivity contribution >= 4 is 11.6 Å². The van der Waals surface area contributed by atoms with Crippen LogP contribution in [-0.4, -0.2) is 47.5 Å². The van der Waals surface area contributed by atoms with Crippen molar-refractivity contribution in [3.63, 3.8) is 0 Å². The lowest BCUT2D eigenvalue weighted by molar-refractivity contribution is 0.0277. The molecule has 1 saturated heterocycles. The van der Waals surface area contributed by atoms with Crippen LogP contribution in [0.1, 0.15) is 44.3 Å². The van der Waals surface area contributed by atoms with E-state index in [4.69, 9.17) is 0 Å². The summed E-state index contributed by atoms with van der Waals surface area (Å²) in [7, 11) is 0. The minimum absolute atomic E-state index is 0.0565. The number of fused-ring (bicyclic) bond motifs is 1. The number of Topliss-reactive ketones (excluding diaryl/α,β-unsaturated/α-hetero) is 2. The fraction of sp³-hybridized carbons (Fsp3) is 0.286. The maximum Gasteiger partial charge on any atom is 0.196 e. The Labute approximate surface area is 197 Å². The van der Waals surface area contributed by atoms with Crippen molar-refractivity contribution < 1.29 is 18.4 Å². The average molecular weight is 461 g/mol. The van der Waals surface area contributed by atoms with Gasteiger partial charge in [-0.05, 0) is 35.2 Å². The Kier molecular flexibility index (Phi) is 5.88. The van der Waals surface area contributed by atoms with E-state index in [1.807, 2.05) is 17.0 Å². The molecule has 0 spiro atoms. The van der Waals surface area contributed by atoms with Gasteiger partial charge in [0.15, 0.2) is 17.1 Å². The van der Waals surface area contributed by atoms with Gasteiger partial charge in [-0.25, -0.2) is 8.78 Å². The molecule has 0 atom stereocenters. The van der Waals surface area contributed by atoms with Crippen molar-refractivity contribution in [1.29, 1.82) is 0 Å². The summed E-state index contributed by atoms with van der Waals surface area (Å²) in [6, 6.07) is 18.0. The Balaban J connectivity index is 1.49. The first-order valence-electron chi connectivity index (χ1n) is 11.6. The van der Waals surface area contributed by atoms with Crippen LogP contribution in [0.25, 0.3) is 0 Å². The number of piperazine rings is 1. The second-order valence-corrected chi connectivity index (χ2v) is 8.96. The number of carbonyl (C=O) groups is 2. The molecule has 0 bridgehead atoms. The van der Waals surface area contributed by atoms with Crippen molar-refractivity contribution in [2.75, 3.05) is 26.2 Å². The first kappa shape index (κ1) is 22.6. The molecule has 2 aliphatic rings. The topological polar surface area (TPSA) is 40.6 Å². The van der Waals surface area contributed by atoms with Gasteiger partial charge in [0.2, 0.25) is 0 Å². The number of hydrogen-bond donors (Lipinski definition) is 0. The average Bonchev–Trinajstić information content (AvgIpc) is 3.07. The number of carbonyl (C=O) groups excluding carboxylic acids is 2. The number of nitrogens with zero attached hydrogens (tertiary/aromatic N) is 2. The van der Waals surface area contributed by atoms with E-state index in [-0.39, 0.29) is 5.56 Å². The molecule has 1 heterocycles. The third-order valence-electron chi connectivity index (χ3n) is 7.09. The second-order valence-electron chi connectivity index (χ2n) is 8.96. The number of benzene rings is 3. The molecule has 0 radical (unpaired) electrons. The molecule has 5 rings (SSSR count). The number of rotatable bonds is 5. The Morgan fingerprint density at radius 3 is 1.85 bits per heavy atom. The van der Waals surface area contributed by atoms with E-state index in [0.717, 1.165) is 31.2 Å². The summed E-state index contributed by atoms with van der Waals surface area (Å²) < 4.78 is 28.6. The summed E-state index contributed by atoms with van der Waals surface area (Å²) in [5.41, 5.74) is 1.47. The van der Waals surface area contributed by atoms with Crippen LogP contribution in [0.15, 0.2) is 66.7 Å². The molecule has 174 valence electrons. The molecule has 0 N–H and O–H groups in total. The molecule has 34 heavy (non-hydrogen) atoms. The zero-order valence-corrected chi connectivity index (χ0v) is 19.1. The van der Waals surface area contributed by atoms with Gasteiger partial charge < -0.3 is 0 Å². The molecule has 3 aromatic carbocycles. The van der Waals surface area contributed by atoms with E-state index in [1.165, 1.54) is 11.1 Å². The SMILES string of the molecule is CCc1ccccc1CN1CCN(C2(c3cc(F)cc(F)c3)C(=O)c3ccccc3C2=O)CC1. The molecular weight excluding hydrogens is 434 g/mol. The quantitative estimate of drug-likeness (QED) is 0.521. The highest BCUT2D eigenvalue weighted by atomic mass is 19.1. The van der Waals surface area contributed by atoms with Crippen LogP contribution in [0.3, 0.4) is 0 Å². The maximum atomic E-state index is 14.3. The van der Waals surface area contributed by atoms with Gasteiger partial charge in [-0.3, -0.25) is 19.4 Å². The number of ketones is 2. The van der Waals surface area contributed by atoms with Gasteiger partial charge in [-0.2, -0.15) is 0 Å². The Bertz CT molecular complexity index is 1210. The molecule has 6 heteroatoms. The summed E-state index contributed by atoms with van der Waals surface area (Å²) in [5, 5.41) is 0. The van der Waals surface area contributed by atoms with Crippen molar-refractivity contribution in [2.45, 2.75) is 25.4 Å². The molecule has 4 nitrogen and oxygen atoms in total. The normalized spacial score (nSPS) is 18.3. The van der Waals surface area contributed by atoms with Crippen molar-refractivity contribution in [1.82, 2.24) is 9.80 Å². The molecule has 1 aliphatic heterocycles. The lowest BCUT2D eigenvalue weighted by Gasteiger charge is -2.44. The van der Waals surface area contributed by atoms with Crippen LogP contribution >= 0.6 is 0 Å². The molecule has 1 aliphatic carbocycles. The molecule has 1 fully saturated rings. The van der Waals surface area contributed by atoms with Crippen molar-refractivity contribution in [2.24, 2.45) is 0 Å². The van der Waals surface area contributed by atoms with E-state index in [0.29, 0.717) is 37.3 Å². The fourth-order valence-electron chi connectivity index (χ4n) is 5.41. The second kappa shape index (κ2) is 8.85. The van der Waals surface area contributed by atoms with Crippen molar-refractivity contribution in [3.8, 4) is 0 Å². The summed E-state index contributed by atoms with van der Waals surface area (Å²) in [5.74, 6) is -2.44. The van der Waals surface area contributed by atoms with Gasteiger partial charge >= 0.3 is 0 Å². The van der Waals surface area contributed by atoms with Gasteiger partial charge in [0.05, 0.1) is 0 Å². The summed E-state index contributed by atoms with van der Waals surface area (Å²) >= 11 is 0. The van der Waals surface area contributed by atoms with Crippen LogP contribution in [0, 0.1) is 11.6 Å². The highest BCUT2D eigenvalue weighted by Gasteiger charge is 2.58. The molecular formula is C28H26F2N2O2. The molecule has 0 saturated carbocycles. The zero-order chi connectivity index (χ0) is 23.9. The van der Waals surface area contributed by atoms with E-state index >= 15 is 0 Å². The van der Waals surface area contributed by atoms with Gasteiger partial charge in [-0.1, -0.05) is 55.5 Å². The van der Waals surface area contributed by atoms with Gasteiger partial charge in [0, 0.05) is 49.9 Å². The van der Waals surface area contributed by atoms with Gasteiger partial charge in [0.1, 0.15) is 11.6 Å². The zero-order valence-electron chi connectivity index (χ0n) is 19.1. The van der Waals surface area contributed by atoms with Crippen LogP contribution < -0.4 is 0 Å². The monoisotopic (exact) mass is 460 g/mol. The molecule has 3 aromatic rings. The van der Waals surface area contributed by atoms with E-state index in [1.54, 1.807) is 24.3 Å². The van der Waals surface area contributed by atoms with E-state index < -0.39 is 28.7 Å². The largest absolute Gasteiger partial charge is 0.297 e. The van der Waals surface area contributed by atoms with Gasteiger partial charge in [0.25, 0.3) is 0 Å². The third-order valence-corrected chi connectivity index (χ3v) is 7.09. The fourth-order valence-corrected chi connectivity index (χ4v) is 5.41. The standard InChI is InChI=1S/C28H26F2N2O2/c1-2-19-7-3-4-8-20(19)18-31-11-13-32(14-12-31)28(21-15-22(29)17-23(30)16-21)26(33)24-9-5-6-10-25(24)27(28)34/h3-10,15-17H,2,11-14,18H2,1H3. The van der Waals surface area contributed by atoms with Crippen LogP contribution in [0.5, 0.6) is 0 Å². The van der Waals surface area contributed by atoms with Crippen LogP contribution in [0.2, 0.25) is 0 Å². The summed E-state index contributed by atoms with van der Waals surface area (Å²) in [4.78, 5) is 31.7. The molecule has 0 aromatic heterocycles. The van der Waals surface area contributed by atoms with E-state index in [2.05, 4.69) is 24.0 Å². The first-order valence-corrected chi connectivity index (χ1v) is 11.6. The van der Waals surface area contributed by atoms with E-state index in [9.17, 15) is 18.4 Å². The van der Waals surface area contributed by atoms with Gasteiger partial charge in [-0.15, -0.1) is 0 Å².